The molecule has 3 aromatic carbocycles. The molecule has 2 N–H and O–H groups in total. The van der Waals surface area contributed by atoms with Gasteiger partial charge in [0.2, 0.25) is 0 Å². The van der Waals surface area contributed by atoms with Crippen LogP contribution in [0.25, 0.3) is 0 Å². The number of amides is 1. The summed E-state index contributed by atoms with van der Waals surface area (Å²) >= 11 is 0. The third kappa shape index (κ3) is 5.82. The molecule has 0 bridgehead atoms. The Hall–Kier alpha value is -4.54. The zero-order valence-corrected chi connectivity index (χ0v) is 20.7. The predicted octanol–water partition coefficient (Wildman–Crippen LogP) is 6.41. The van der Waals surface area contributed by atoms with Gasteiger partial charge in [-0.15, -0.1) is 0 Å². The van der Waals surface area contributed by atoms with Gasteiger partial charge in [0.1, 0.15) is 34.4 Å². The molecule has 1 aromatic heterocycles. The van der Waals surface area contributed by atoms with Gasteiger partial charge in [-0.2, -0.15) is 18.3 Å². The molecule has 7 nitrogen and oxygen atoms in total. The minimum atomic E-state index is -4.56. The number of anilines is 1. The number of hydrogen-bond donors (Lipinski definition) is 2. The fraction of sp³-hybridized carbons (Fsp3) is 0.214. The first-order valence-electron chi connectivity index (χ1n) is 12.1. The quantitative estimate of drug-likeness (QED) is 0.265. The van der Waals surface area contributed by atoms with Crippen molar-refractivity contribution in [3.05, 3.63) is 102 Å². The van der Waals surface area contributed by atoms with Crippen molar-refractivity contribution in [2.75, 3.05) is 12.4 Å². The molecule has 0 aliphatic carbocycles. The lowest BCUT2D eigenvalue weighted by Crippen LogP contribution is -2.36. The van der Waals surface area contributed by atoms with Gasteiger partial charge < -0.3 is 20.1 Å². The van der Waals surface area contributed by atoms with Gasteiger partial charge in [0.25, 0.3) is 5.91 Å². The predicted molar refractivity (Wildman–Crippen MR) is 135 cm³/mol. The molecule has 5 rings (SSSR count). The Labute approximate surface area is 221 Å². The molecule has 202 valence electrons. The summed E-state index contributed by atoms with van der Waals surface area (Å²) in [5.74, 6) is 0.655. The molecule has 39 heavy (non-hydrogen) atoms. The Bertz CT molecular complexity index is 1440. The number of hydrogen-bond acceptors (Lipinski definition) is 5. The topological polar surface area (TPSA) is 77.4 Å². The zero-order chi connectivity index (χ0) is 27.6. The molecule has 0 spiro atoms. The summed E-state index contributed by atoms with van der Waals surface area (Å²) in [5, 5.41) is 9.72. The van der Waals surface area contributed by atoms with Crippen molar-refractivity contribution in [1.29, 1.82) is 0 Å². The van der Waals surface area contributed by atoms with Crippen LogP contribution >= 0.6 is 0 Å². The average molecular weight is 541 g/mol. The highest BCUT2D eigenvalue weighted by Gasteiger charge is 2.47. The molecule has 0 saturated heterocycles. The molecule has 11 heteroatoms. The third-order valence-corrected chi connectivity index (χ3v) is 6.43. The lowest BCUT2D eigenvalue weighted by molar-refractivity contribution is -0.173. The molecule has 1 aliphatic heterocycles. The summed E-state index contributed by atoms with van der Waals surface area (Å²) in [4.78, 5) is 13.0. The van der Waals surface area contributed by atoms with Crippen LogP contribution in [0.2, 0.25) is 0 Å². The Kier molecular flexibility index (Phi) is 7.14. The summed E-state index contributed by atoms with van der Waals surface area (Å²) in [7, 11) is 1.51. The minimum Gasteiger partial charge on any atom is -0.497 e. The summed E-state index contributed by atoms with van der Waals surface area (Å²) in [6.45, 7) is 0.130. The number of methoxy groups -OCH3 is 1. The Morgan fingerprint density at radius 2 is 1.62 bits per heavy atom. The first-order valence-corrected chi connectivity index (χ1v) is 12.1. The van der Waals surface area contributed by atoms with Gasteiger partial charge in [-0.1, -0.05) is 24.3 Å². The van der Waals surface area contributed by atoms with Gasteiger partial charge in [-0.25, -0.2) is 9.07 Å². The van der Waals surface area contributed by atoms with Crippen molar-refractivity contribution < 1.29 is 31.8 Å². The first-order chi connectivity index (χ1) is 18.7. The van der Waals surface area contributed by atoms with Crippen molar-refractivity contribution in [3.8, 4) is 17.2 Å². The summed E-state index contributed by atoms with van der Waals surface area (Å²) in [6.07, 6.45) is -3.69. The Morgan fingerprint density at radius 3 is 2.23 bits per heavy atom. The fourth-order valence-corrected chi connectivity index (χ4v) is 4.38. The van der Waals surface area contributed by atoms with E-state index in [0.717, 1.165) is 16.4 Å². The minimum absolute atomic E-state index is 0.00457. The number of fused-ring (bicyclic) bond motifs is 1. The smallest absolute Gasteiger partial charge is 0.410 e. The molecule has 1 aliphatic rings. The van der Waals surface area contributed by atoms with Gasteiger partial charge in [0.15, 0.2) is 6.04 Å². The number of aromatic nitrogens is 2. The van der Waals surface area contributed by atoms with Crippen LogP contribution in [0.1, 0.15) is 40.0 Å². The number of nitrogens with one attached hydrogen (secondary N) is 2. The van der Waals surface area contributed by atoms with Gasteiger partial charge >= 0.3 is 6.18 Å². The van der Waals surface area contributed by atoms with Gasteiger partial charge in [-0.05, 0) is 59.7 Å². The lowest BCUT2D eigenvalue weighted by Gasteiger charge is -2.34. The van der Waals surface area contributed by atoms with Crippen molar-refractivity contribution in [2.45, 2.75) is 31.2 Å². The second-order valence-electron chi connectivity index (χ2n) is 9.00. The summed E-state index contributed by atoms with van der Waals surface area (Å²) in [5.41, 5.74) is 1.39. The second-order valence-corrected chi connectivity index (χ2v) is 9.00. The van der Waals surface area contributed by atoms with Crippen LogP contribution in [0.4, 0.5) is 23.4 Å². The Morgan fingerprint density at radius 1 is 1.00 bits per heavy atom. The van der Waals surface area contributed by atoms with Crippen molar-refractivity contribution in [1.82, 2.24) is 15.1 Å². The van der Waals surface area contributed by atoms with Crippen molar-refractivity contribution in [3.63, 3.8) is 0 Å². The second kappa shape index (κ2) is 10.7. The maximum absolute atomic E-state index is 14.0. The number of halogens is 4. The van der Waals surface area contributed by atoms with Crippen LogP contribution in [0.15, 0.2) is 79.0 Å². The average Bonchev–Trinajstić information content (AvgIpc) is 3.37. The fourth-order valence-electron chi connectivity index (χ4n) is 4.38. The molecule has 0 saturated carbocycles. The van der Waals surface area contributed by atoms with E-state index in [1.165, 1.54) is 31.4 Å². The molecule has 2 heterocycles. The van der Waals surface area contributed by atoms with Crippen molar-refractivity contribution in [2.24, 2.45) is 0 Å². The van der Waals surface area contributed by atoms with Crippen LogP contribution in [-0.4, -0.2) is 29.0 Å². The largest absolute Gasteiger partial charge is 0.497 e. The SMILES string of the molecule is COc1ccc(C2CC(C(F)(F)F)n3ncc(C(=O)NCc4ccc(Oc5ccc(F)cc5)cc4)c3N2)cc1. The molecule has 1 amide bonds. The number of carbonyl (C=O) groups excluding carboxylic acids is 1. The van der Waals surface area contributed by atoms with Gasteiger partial charge in [0, 0.05) is 13.0 Å². The number of alkyl halides is 3. The third-order valence-electron chi connectivity index (χ3n) is 6.43. The van der Waals surface area contributed by atoms with E-state index in [4.69, 9.17) is 9.47 Å². The van der Waals surface area contributed by atoms with E-state index < -0.39 is 24.2 Å². The maximum atomic E-state index is 14.0. The van der Waals surface area contributed by atoms with Crippen LogP contribution in [0.5, 0.6) is 17.2 Å². The normalized spacial score (nSPS) is 16.6. The monoisotopic (exact) mass is 540 g/mol. The van der Waals surface area contributed by atoms with Gasteiger partial charge in [0.05, 0.1) is 19.3 Å². The van der Waals surface area contributed by atoms with E-state index in [0.29, 0.717) is 22.8 Å². The summed E-state index contributed by atoms with van der Waals surface area (Å²) in [6, 6.07) is 16.6. The van der Waals surface area contributed by atoms with E-state index >= 15 is 0 Å². The molecule has 0 radical (unpaired) electrons. The van der Waals surface area contributed by atoms with Gasteiger partial charge in [-0.3, -0.25) is 4.79 Å². The highest BCUT2D eigenvalue weighted by atomic mass is 19.4. The van der Waals surface area contributed by atoms with Crippen LogP contribution < -0.4 is 20.1 Å². The highest BCUT2D eigenvalue weighted by Crippen LogP contribution is 2.44. The highest BCUT2D eigenvalue weighted by molar-refractivity contribution is 5.98. The zero-order valence-electron chi connectivity index (χ0n) is 20.7. The van der Waals surface area contributed by atoms with Crippen molar-refractivity contribution >= 4 is 11.7 Å². The molecular weight excluding hydrogens is 516 g/mol. The Balaban J connectivity index is 1.29. The lowest BCUT2D eigenvalue weighted by atomic mass is 9.96. The number of nitrogens with zero attached hydrogens (tertiary/aromatic N) is 2. The number of ether oxygens (including phenoxy) is 2. The molecule has 2 atom stereocenters. The number of benzene rings is 3. The first kappa shape index (κ1) is 26.1. The number of rotatable bonds is 7. The molecule has 2 unspecified atom stereocenters. The number of carbonyl (C=O) groups is 1. The van der Waals surface area contributed by atoms with Crippen LogP contribution in [0, 0.1) is 5.82 Å². The van der Waals surface area contributed by atoms with Crippen LogP contribution in [-0.2, 0) is 6.54 Å². The van der Waals surface area contributed by atoms with Crippen LogP contribution in [0.3, 0.4) is 0 Å². The molecule has 0 fully saturated rings. The van der Waals surface area contributed by atoms with E-state index in [9.17, 15) is 22.4 Å². The van der Waals surface area contributed by atoms with E-state index in [1.54, 1.807) is 48.5 Å². The molecular formula is C28H24F4N4O3. The summed E-state index contributed by atoms with van der Waals surface area (Å²) < 4.78 is 66.6. The standard InChI is InChI=1S/C28H24F4N4O3/c1-38-20-10-4-18(5-11-20)24-14-25(28(30,31)32)36-26(35-24)23(16-34-36)27(37)33-15-17-2-8-21(9-3-17)39-22-12-6-19(29)7-13-22/h2-13,16,24-25,35H,14-15H2,1H3,(H,33,37). The van der Waals surface area contributed by atoms with E-state index in [-0.39, 0.29) is 30.2 Å². The molecule has 4 aromatic rings. The van der Waals surface area contributed by atoms with E-state index in [1.807, 2.05) is 0 Å². The maximum Gasteiger partial charge on any atom is 0.410 e. The van der Waals surface area contributed by atoms with E-state index in [2.05, 4.69) is 15.7 Å².